The quantitative estimate of drug-likeness (QED) is 0.855. The van der Waals surface area contributed by atoms with Crippen LogP contribution in [0.4, 0.5) is 10.1 Å². The van der Waals surface area contributed by atoms with Crippen molar-refractivity contribution in [2.75, 3.05) is 5.32 Å². The molecule has 0 fully saturated rings. The third kappa shape index (κ3) is 4.39. The number of ether oxygens (including phenoxy) is 1. The molecule has 120 valence electrons. The first-order chi connectivity index (χ1) is 10.9. The summed E-state index contributed by atoms with van der Waals surface area (Å²) in [5.41, 5.74) is 1.38. The van der Waals surface area contributed by atoms with Crippen LogP contribution in [-0.4, -0.2) is 17.8 Å². The first-order valence-corrected chi connectivity index (χ1v) is 7.21. The van der Waals surface area contributed by atoms with Crippen LogP contribution in [-0.2, 0) is 4.79 Å². The van der Waals surface area contributed by atoms with Crippen molar-refractivity contribution in [1.82, 2.24) is 0 Å². The van der Waals surface area contributed by atoms with Crippen LogP contribution in [0.15, 0.2) is 42.5 Å². The average Bonchev–Trinajstić information content (AvgIpc) is 2.51. The van der Waals surface area contributed by atoms with Gasteiger partial charge in [0.05, 0.1) is 0 Å². The summed E-state index contributed by atoms with van der Waals surface area (Å²) in [4.78, 5) is 23.5. The Labute approximate surface area is 134 Å². The topological polar surface area (TPSA) is 55.4 Å². The Bertz CT molecular complexity index is 743. The number of Topliss-reactive ketones (excluding diaryl/α,β-unsaturated/α-hetero) is 1. The van der Waals surface area contributed by atoms with Crippen molar-refractivity contribution in [2.24, 2.45) is 0 Å². The SMILES string of the molecule is CC(=O)c1cccc(O[C@@H](C)C(=O)Nc2ccc(C)c(F)c2)c1. The molecule has 0 radical (unpaired) electrons. The van der Waals surface area contributed by atoms with Crippen LogP contribution < -0.4 is 10.1 Å². The van der Waals surface area contributed by atoms with E-state index in [4.69, 9.17) is 4.74 Å². The third-order valence-electron chi connectivity index (χ3n) is 3.36. The first kappa shape index (κ1) is 16.7. The normalized spacial score (nSPS) is 11.7. The zero-order chi connectivity index (χ0) is 17.0. The number of hydrogen-bond acceptors (Lipinski definition) is 3. The number of rotatable bonds is 5. The molecule has 1 N–H and O–H groups in total. The van der Waals surface area contributed by atoms with Gasteiger partial charge in [-0.1, -0.05) is 18.2 Å². The second-order valence-corrected chi connectivity index (χ2v) is 5.30. The molecule has 0 aromatic heterocycles. The maximum absolute atomic E-state index is 13.5. The summed E-state index contributed by atoms with van der Waals surface area (Å²) in [6.07, 6.45) is -0.790. The van der Waals surface area contributed by atoms with Crippen molar-refractivity contribution in [3.63, 3.8) is 0 Å². The Hall–Kier alpha value is -2.69. The summed E-state index contributed by atoms with van der Waals surface area (Å²) in [6, 6.07) is 11.1. The van der Waals surface area contributed by atoms with Gasteiger partial charge in [0.1, 0.15) is 11.6 Å². The number of benzene rings is 2. The predicted octanol–water partition coefficient (Wildman–Crippen LogP) is 3.74. The van der Waals surface area contributed by atoms with Gasteiger partial charge in [-0.05, 0) is 50.6 Å². The number of amides is 1. The second-order valence-electron chi connectivity index (χ2n) is 5.30. The van der Waals surface area contributed by atoms with Crippen molar-refractivity contribution in [3.8, 4) is 5.75 Å². The highest BCUT2D eigenvalue weighted by atomic mass is 19.1. The molecule has 5 heteroatoms. The molecule has 4 nitrogen and oxygen atoms in total. The summed E-state index contributed by atoms with van der Waals surface area (Å²) in [7, 11) is 0. The number of ketones is 1. The van der Waals surface area contributed by atoms with E-state index in [0.29, 0.717) is 22.6 Å². The van der Waals surface area contributed by atoms with Gasteiger partial charge in [0.2, 0.25) is 0 Å². The highest BCUT2D eigenvalue weighted by Gasteiger charge is 2.16. The largest absolute Gasteiger partial charge is 0.481 e. The minimum Gasteiger partial charge on any atom is -0.481 e. The van der Waals surface area contributed by atoms with Gasteiger partial charge < -0.3 is 10.1 Å². The van der Waals surface area contributed by atoms with Gasteiger partial charge in [-0.25, -0.2) is 4.39 Å². The van der Waals surface area contributed by atoms with Gasteiger partial charge in [0.25, 0.3) is 5.91 Å². The minimum absolute atomic E-state index is 0.0808. The molecular weight excluding hydrogens is 297 g/mol. The highest BCUT2D eigenvalue weighted by Crippen LogP contribution is 2.17. The summed E-state index contributed by atoms with van der Waals surface area (Å²) >= 11 is 0. The van der Waals surface area contributed by atoms with Gasteiger partial charge in [-0.15, -0.1) is 0 Å². The minimum atomic E-state index is -0.790. The van der Waals surface area contributed by atoms with Gasteiger partial charge in [-0.3, -0.25) is 9.59 Å². The first-order valence-electron chi connectivity index (χ1n) is 7.21. The number of aryl methyl sites for hydroxylation is 1. The molecule has 2 rings (SSSR count). The van der Waals surface area contributed by atoms with Gasteiger partial charge in [0, 0.05) is 11.3 Å². The molecule has 0 aliphatic heterocycles. The maximum Gasteiger partial charge on any atom is 0.265 e. The van der Waals surface area contributed by atoms with E-state index in [1.165, 1.54) is 13.0 Å². The zero-order valence-electron chi connectivity index (χ0n) is 13.2. The van der Waals surface area contributed by atoms with Gasteiger partial charge in [0.15, 0.2) is 11.9 Å². The molecule has 0 aliphatic rings. The van der Waals surface area contributed by atoms with Crippen LogP contribution in [0.1, 0.15) is 29.8 Å². The van der Waals surface area contributed by atoms with E-state index in [9.17, 15) is 14.0 Å². The van der Waals surface area contributed by atoms with Gasteiger partial charge >= 0.3 is 0 Å². The summed E-state index contributed by atoms with van der Waals surface area (Å²) in [5.74, 6) is -0.440. The van der Waals surface area contributed by atoms with Crippen molar-refractivity contribution >= 4 is 17.4 Å². The fourth-order valence-electron chi connectivity index (χ4n) is 1.96. The predicted molar refractivity (Wildman–Crippen MR) is 86.3 cm³/mol. The molecular formula is C18H18FNO3. The fourth-order valence-corrected chi connectivity index (χ4v) is 1.96. The van der Waals surface area contributed by atoms with E-state index in [1.54, 1.807) is 50.2 Å². The van der Waals surface area contributed by atoms with Gasteiger partial charge in [-0.2, -0.15) is 0 Å². The lowest BCUT2D eigenvalue weighted by Crippen LogP contribution is -2.30. The molecule has 0 saturated heterocycles. The lowest BCUT2D eigenvalue weighted by Gasteiger charge is -2.15. The molecule has 0 saturated carbocycles. The molecule has 0 heterocycles. The van der Waals surface area contributed by atoms with Crippen LogP contribution >= 0.6 is 0 Å². The zero-order valence-corrected chi connectivity index (χ0v) is 13.2. The van der Waals surface area contributed by atoms with Crippen LogP contribution in [0.2, 0.25) is 0 Å². The number of carbonyl (C=O) groups excluding carboxylic acids is 2. The Balaban J connectivity index is 2.03. The highest BCUT2D eigenvalue weighted by molar-refractivity contribution is 5.95. The molecule has 2 aromatic carbocycles. The molecule has 1 amide bonds. The monoisotopic (exact) mass is 315 g/mol. The van der Waals surface area contributed by atoms with Crippen LogP contribution in [0.5, 0.6) is 5.75 Å². The second kappa shape index (κ2) is 7.05. The van der Waals surface area contributed by atoms with Crippen LogP contribution in [0.25, 0.3) is 0 Å². The Morgan fingerprint density at radius 1 is 1.17 bits per heavy atom. The third-order valence-corrected chi connectivity index (χ3v) is 3.36. The number of halogens is 1. The number of hydrogen-bond donors (Lipinski definition) is 1. The Kier molecular flexibility index (Phi) is 5.11. The van der Waals surface area contributed by atoms with Crippen molar-refractivity contribution in [1.29, 1.82) is 0 Å². The van der Waals surface area contributed by atoms with E-state index in [-0.39, 0.29) is 11.6 Å². The van der Waals surface area contributed by atoms with E-state index in [2.05, 4.69) is 5.32 Å². The number of carbonyl (C=O) groups is 2. The lowest BCUT2D eigenvalue weighted by atomic mass is 10.1. The molecule has 0 aliphatic carbocycles. The average molecular weight is 315 g/mol. The van der Waals surface area contributed by atoms with Crippen molar-refractivity contribution < 1.29 is 18.7 Å². The lowest BCUT2D eigenvalue weighted by molar-refractivity contribution is -0.122. The Morgan fingerprint density at radius 2 is 1.91 bits per heavy atom. The smallest absolute Gasteiger partial charge is 0.265 e. The molecule has 2 aromatic rings. The van der Waals surface area contributed by atoms with E-state index >= 15 is 0 Å². The van der Waals surface area contributed by atoms with Crippen molar-refractivity contribution in [2.45, 2.75) is 26.9 Å². The van der Waals surface area contributed by atoms with E-state index in [1.807, 2.05) is 0 Å². The molecule has 0 bridgehead atoms. The molecule has 23 heavy (non-hydrogen) atoms. The standard InChI is InChI=1S/C18H18FNO3/c1-11-7-8-15(10-17(11)19)20-18(22)13(3)23-16-6-4-5-14(9-16)12(2)21/h4-10,13H,1-3H3,(H,20,22)/t13-/m0/s1. The molecule has 1 atom stereocenters. The Morgan fingerprint density at radius 3 is 2.57 bits per heavy atom. The molecule has 0 unspecified atom stereocenters. The fraction of sp³-hybridized carbons (Fsp3) is 0.222. The van der Waals surface area contributed by atoms with E-state index < -0.39 is 12.0 Å². The molecule has 0 spiro atoms. The maximum atomic E-state index is 13.5. The van der Waals surface area contributed by atoms with Crippen molar-refractivity contribution in [3.05, 3.63) is 59.4 Å². The number of nitrogens with one attached hydrogen (secondary N) is 1. The van der Waals surface area contributed by atoms with Crippen LogP contribution in [0, 0.1) is 12.7 Å². The number of anilines is 1. The van der Waals surface area contributed by atoms with Crippen LogP contribution in [0.3, 0.4) is 0 Å². The summed E-state index contributed by atoms with van der Waals surface area (Å²) in [5, 5.41) is 2.60. The summed E-state index contributed by atoms with van der Waals surface area (Å²) < 4.78 is 19.0. The van der Waals surface area contributed by atoms with E-state index in [0.717, 1.165) is 0 Å². The summed E-state index contributed by atoms with van der Waals surface area (Å²) in [6.45, 7) is 4.69.